The number of aliphatic hydroxyl groups is 1. The molecule has 17 heteroatoms. The molecule has 0 fully saturated rings. The molecule has 4 rings (SSSR count). The molecular weight excluding hydrogens is 488 g/mol. The Balaban J connectivity index is 2.06. The number of aromatic amines is 2. The smallest absolute Gasteiger partial charge is 0.242 e. The number of hydrogen-bond donors (Lipinski definition) is 7. The lowest BCUT2D eigenvalue weighted by molar-refractivity contribution is 0.186. The van der Waals surface area contributed by atoms with Gasteiger partial charge in [0.2, 0.25) is 25.9 Å². The van der Waals surface area contributed by atoms with Gasteiger partial charge < -0.3 is 21.6 Å². The van der Waals surface area contributed by atoms with Crippen LogP contribution >= 0.6 is 0 Å². The minimum atomic E-state index is -4.68. The van der Waals surface area contributed by atoms with Crippen LogP contribution in [0.1, 0.15) is 0 Å². The van der Waals surface area contributed by atoms with Gasteiger partial charge in [0.15, 0.2) is 5.95 Å². The van der Waals surface area contributed by atoms with Crippen molar-refractivity contribution in [3.05, 3.63) is 30.3 Å². The molecule has 2 heterocycles. The molecule has 10 N–H and O–H groups in total. The number of nitrogens with one attached hydrogen (secondary N) is 3. The number of tetrazole rings is 1. The number of H-pyrrole nitrogens is 2. The summed E-state index contributed by atoms with van der Waals surface area (Å²) < 4.78 is 53.7. The van der Waals surface area contributed by atoms with E-state index in [2.05, 4.69) is 35.3 Å². The summed E-state index contributed by atoms with van der Waals surface area (Å²) in [5, 5.41) is 28.5. The van der Waals surface area contributed by atoms with Gasteiger partial charge in [-0.15, -0.1) is 10.2 Å². The Bertz CT molecular complexity index is 1570. The van der Waals surface area contributed by atoms with Crippen LogP contribution in [0.25, 0.3) is 33.5 Å². The van der Waals surface area contributed by atoms with Crippen LogP contribution in [0.2, 0.25) is 0 Å². The molecule has 0 radical (unpaired) electrons. The minimum absolute atomic E-state index is 0.122. The average Bonchev–Trinajstić information content (AvgIpc) is 3.44. The van der Waals surface area contributed by atoms with Crippen LogP contribution in [0, 0.1) is 0 Å². The molecule has 34 heavy (non-hydrogen) atoms. The van der Waals surface area contributed by atoms with E-state index in [0.717, 1.165) is 6.07 Å². The summed E-state index contributed by atoms with van der Waals surface area (Å²) >= 11 is 0. The number of imidazole rings is 1. The van der Waals surface area contributed by atoms with Gasteiger partial charge in [-0.05, 0) is 22.9 Å². The molecular formula is C17H20N10O5S2. The van der Waals surface area contributed by atoms with E-state index in [1.807, 2.05) is 0 Å². The van der Waals surface area contributed by atoms with Gasteiger partial charge in [0.1, 0.15) is 9.79 Å². The number of hydrogen-bond acceptors (Lipinski definition) is 11. The van der Waals surface area contributed by atoms with Crippen LogP contribution in [0.5, 0.6) is 0 Å². The predicted octanol–water partition coefficient (Wildman–Crippen LogP) is -1.76. The van der Waals surface area contributed by atoms with E-state index < -0.39 is 42.5 Å². The largest absolute Gasteiger partial charge is 0.390 e. The summed E-state index contributed by atoms with van der Waals surface area (Å²) in [6.07, 6.45) is -1.19. The molecule has 2 aromatic heterocycles. The van der Waals surface area contributed by atoms with Crippen molar-refractivity contribution in [3.63, 3.8) is 0 Å². The maximum atomic E-state index is 13.0. The first-order valence-electron chi connectivity index (χ1n) is 9.59. The number of fused-ring (bicyclic) bond motifs is 1. The molecule has 2 aromatic carbocycles. The van der Waals surface area contributed by atoms with Crippen LogP contribution in [0.15, 0.2) is 40.1 Å². The quantitative estimate of drug-likeness (QED) is 0.140. The molecule has 0 amide bonds. The highest BCUT2D eigenvalue weighted by Crippen LogP contribution is 2.40. The number of nitrogen functional groups attached to an aromatic ring is 1. The Morgan fingerprint density at radius 2 is 1.88 bits per heavy atom. The first kappa shape index (κ1) is 23.7. The lowest BCUT2D eigenvalue weighted by atomic mass is 9.98. The number of anilines is 1. The van der Waals surface area contributed by atoms with Gasteiger partial charge >= 0.3 is 0 Å². The molecule has 0 aliphatic rings. The van der Waals surface area contributed by atoms with Crippen molar-refractivity contribution < 1.29 is 21.9 Å². The zero-order valence-corrected chi connectivity index (χ0v) is 18.9. The highest BCUT2D eigenvalue weighted by atomic mass is 32.2. The number of rotatable bonds is 8. The number of primary sulfonamides is 1. The highest BCUT2D eigenvalue weighted by molar-refractivity contribution is 7.92. The first-order valence-corrected chi connectivity index (χ1v) is 12.6. The van der Waals surface area contributed by atoms with Crippen molar-refractivity contribution in [3.8, 4) is 22.5 Å². The van der Waals surface area contributed by atoms with Gasteiger partial charge in [0.25, 0.3) is 0 Å². The van der Waals surface area contributed by atoms with Gasteiger partial charge in [-0.1, -0.05) is 18.2 Å². The molecule has 0 saturated heterocycles. The van der Waals surface area contributed by atoms with Crippen LogP contribution in [-0.2, 0) is 20.0 Å². The number of aromatic nitrogens is 6. The Hall–Kier alpha value is -3.48. The standard InChI is InChI=1S/C17H20N10O5S2/c18-6-8(28)7-21-34(31,32)12-5-4-9(10-2-1-3-11-14(10)23-17(19)22-11)13(15(12)33(20,29)30)16-24-26-27-25-16/h1-5,8,21,28H,6-7,18H2,(H3,19,22,23)(H2,20,29,30)(H,24,25,26,27)/t8-/m0/s1. The fourth-order valence-corrected chi connectivity index (χ4v) is 6.08. The highest BCUT2D eigenvalue weighted by Gasteiger charge is 2.32. The monoisotopic (exact) mass is 508 g/mol. The molecule has 0 saturated carbocycles. The van der Waals surface area contributed by atoms with E-state index in [-0.39, 0.29) is 29.4 Å². The number of para-hydroxylation sites is 1. The van der Waals surface area contributed by atoms with E-state index in [1.165, 1.54) is 6.07 Å². The molecule has 0 aliphatic heterocycles. The summed E-state index contributed by atoms with van der Waals surface area (Å²) in [6, 6.07) is 7.46. The van der Waals surface area contributed by atoms with Gasteiger partial charge in [0.05, 0.1) is 22.7 Å². The van der Waals surface area contributed by atoms with Gasteiger partial charge in [-0.2, -0.15) is 5.21 Å². The molecule has 4 aromatic rings. The summed E-state index contributed by atoms with van der Waals surface area (Å²) in [7, 11) is -9.16. The van der Waals surface area contributed by atoms with Crippen LogP contribution < -0.4 is 21.3 Å². The third-order valence-electron chi connectivity index (χ3n) is 4.87. The van der Waals surface area contributed by atoms with E-state index in [1.54, 1.807) is 18.2 Å². The van der Waals surface area contributed by atoms with Crippen molar-refractivity contribution >= 4 is 37.0 Å². The zero-order chi connectivity index (χ0) is 24.7. The molecule has 0 bridgehead atoms. The number of aliphatic hydroxyl groups excluding tert-OH is 1. The molecule has 180 valence electrons. The Kier molecular flexibility index (Phi) is 6.06. The number of benzene rings is 2. The van der Waals surface area contributed by atoms with Crippen molar-refractivity contribution in [2.45, 2.75) is 15.9 Å². The summed E-state index contributed by atoms with van der Waals surface area (Å²) in [6.45, 7) is -0.664. The maximum Gasteiger partial charge on any atom is 0.242 e. The first-order chi connectivity index (χ1) is 16.0. The Morgan fingerprint density at radius 1 is 1.12 bits per heavy atom. The lowest BCUT2D eigenvalue weighted by Crippen LogP contribution is -2.36. The van der Waals surface area contributed by atoms with Crippen molar-refractivity contribution in [2.24, 2.45) is 10.9 Å². The maximum absolute atomic E-state index is 13.0. The second kappa shape index (κ2) is 8.70. The van der Waals surface area contributed by atoms with Gasteiger partial charge in [0, 0.05) is 18.7 Å². The van der Waals surface area contributed by atoms with Crippen LogP contribution in [0.4, 0.5) is 5.95 Å². The second-order valence-corrected chi connectivity index (χ2v) is 10.4. The second-order valence-electron chi connectivity index (χ2n) is 7.16. The molecule has 0 spiro atoms. The fourth-order valence-electron chi connectivity index (χ4n) is 3.41. The van der Waals surface area contributed by atoms with E-state index in [9.17, 15) is 21.9 Å². The summed E-state index contributed by atoms with van der Waals surface area (Å²) in [5.41, 5.74) is 12.4. The van der Waals surface area contributed by atoms with Crippen LogP contribution in [-0.4, -0.2) is 71.7 Å². The number of nitrogens with zero attached hydrogens (tertiary/aromatic N) is 4. The fraction of sp³-hybridized carbons (Fsp3) is 0.176. The topological polar surface area (TPSA) is 262 Å². The Morgan fingerprint density at radius 3 is 2.53 bits per heavy atom. The number of sulfonamides is 2. The van der Waals surface area contributed by atoms with Crippen LogP contribution in [0.3, 0.4) is 0 Å². The van der Waals surface area contributed by atoms with Crippen molar-refractivity contribution in [1.82, 2.24) is 35.3 Å². The van der Waals surface area contributed by atoms with Crippen molar-refractivity contribution in [2.75, 3.05) is 18.8 Å². The molecule has 0 unspecified atom stereocenters. The molecule has 0 aliphatic carbocycles. The van der Waals surface area contributed by atoms with E-state index in [0.29, 0.717) is 16.6 Å². The predicted molar refractivity (Wildman–Crippen MR) is 121 cm³/mol. The third-order valence-corrected chi connectivity index (χ3v) is 7.46. The molecule has 15 nitrogen and oxygen atoms in total. The van der Waals surface area contributed by atoms with E-state index in [4.69, 9.17) is 16.6 Å². The lowest BCUT2D eigenvalue weighted by Gasteiger charge is -2.17. The SMILES string of the molecule is NC[C@H](O)CNS(=O)(=O)c1ccc(-c2cccc3[nH]c(N)nc23)c(-c2nn[nH]n2)c1S(N)(=O)=O. The molecule has 1 atom stereocenters. The summed E-state index contributed by atoms with van der Waals surface area (Å²) in [4.78, 5) is 5.68. The third kappa shape index (κ3) is 4.34. The average molecular weight is 509 g/mol. The van der Waals surface area contributed by atoms with E-state index >= 15 is 0 Å². The summed E-state index contributed by atoms with van der Waals surface area (Å²) in [5.74, 6) is -0.101. The minimum Gasteiger partial charge on any atom is -0.390 e. The van der Waals surface area contributed by atoms with Gasteiger partial charge in [-0.3, -0.25) is 0 Å². The van der Waals surface area contributed by atoms with Gasteiger partial charge in [-0.25, -0.2) is 31.7 Å². The zero-order valence-electron chi connectivity index (χ0n) is 17.3. The van der Waals surface area contributed by atoms with Crippen molar-refractivity contribution in [1.29, 1.82) is 0 Å². The Labute approximate surface area is 192 Å². The number of nitrogens with two attached hydrogens (primary N) is 3. The normalized spacial score (nSPS) is 13.4.